The number of hydrogen-bond donors (Lipinski definition) is 1. The summed E-state index contributed by atoms with van der Waals surface area (Å²) in [5.74, 6) is 0. The maximum Gasteiger partial charge on any atom is 0.0491 e. The minimum Gasteiger partial charge on any atom is -0.299 e. The standard InChI is InChI=1S/C6H5ClN4/c7-9-5-1-3-6(4-2-5)10-11-8/h1-4,9H. The zero-order valence-corrected chi connectivity index (χ0v) is 6.28. The number of azide groups is 1. The average Bonchev–Trinajstić information content (AvgIpc) is 2.07. The van der Waals surface area contributed by atoms with Gasteiger partial charge in [-0.2, -0.15) is 0 Å². The third kappa shape index (κ3) is 2.04. The molecule has 0 atom stereocenters. The zero-order valence-electron chi connectivity index (χ0n) is 5.53. The summed E-state index contributed by atoms with van der Waals surface area (Å²) in [6.07, 6.45) is 0. The Balaban J connectivity index is 2.91. The first-order chi connectivity index (χ1) is 5.36. The van der Waals surface area contributed by atoms with Crippen LogP contribution in [0.3, 0.4) is 0 Å². The van der Waals surface area contributed by atoms with Gasteiger partial charge in [0.15, 0.2) is 0 Å². The Morgan fingerprint density at radius 1 is 1.36 bits per heavy atom. The molecule has 1 N–H and O–H groups in total. The molecule has 1 aromatic rings. The predicted molar refractivity (Wildman–Crippen MR) is 44.7 cm³/mol. The summed E-state index contributed by atoms with van der Waals surface area (Å²) >= 11 is 5.30. The quantitative estimate of drug-likeness (QED) is 0.314. The van der Waals surface area contributed by atoms with E-state index in [1.54, 1.807) is 24.3 Å². The second-order valence-electron chi connectivity index (χ2n) is 1.83. The second kappa shape index (κ2) is 3.71. The first-order valence-electron chi connectivity index (χ1n) is 2.88. The Bertz CT molecular complexity index is 275. The molecule has 0 aromatic heterocycles. The van der Waals surface area contributed by atoms with E-state index in [0.29, 0.717) is 5.69 Å². The van der Waals surface area contributed by atoms with Crippen molar-refractivity contribution in [1.29, 1.82) is 0 Å². The van der Waals surface area contributed by atoms with Gasteiger partial charge in [-0.25, -0.2) is 0 Å². The van der Waals surface area contributed by atoms with Gasteiger partial charge in [0.1, 0.15) is 0 Å². The van der Waals surface area contributed by atoms with Crippen LogP contribution >= 0.6 is 11.8 Å². The van der Waals surface area contributed by atoms with E-state index in [1.165, 1.54) is 0 Å². The molecule has 4 nitrogen and oxygen atoms in total. The van der Waals surface area contributed by atoms with E-state index in [4.69, 9.17) is 17.3 Å². The van der Waals surface area contributed by atoms with Crippen LogP contribution in [-0.4, -0.2) is 0 Å². The van der Waals surface area contributed by atoms with Crippen LogP contribution in [0.15, 0.2) is 29.4 Å². The van der Waals surface area contributed by atoms with Crippen LogP contribution in [-0.2, 0) is 0 Å². The molecule has 11 heavy (non-hydrogen) atoms. The molecule has 1 aromatic carbocycles. The number of hydrogen-bond acceptors (Lipinski definition) is 2. The highest BCUT2D eigenvalue weighted by molar-refractivity contribution is 6.23. The molecule has 0 aliphatic rings. The molecule has 1 rings (SSSR count). The molecule has 0 saturated carbocycles. The van der Waals surface area contributed by atoms with E-state index >= 15 is 0 Å². The number of rotatable bonds is 2. The zero-order chi connectivity index (χ0) is 8.10. The molecule has 0 spiro atoms. The van der Waals surface area contributed by atoms with Crippen molar-refractivity contribution in [2.24, 2.45) is 5.11 Å². The van der Waals surface area contributed by atoms with Crippen LogP contribution < -0.4 is 4.84 Å². The van der Waals surface area contributed by atoms with Crippen molar-refractivity contribution >= 4 is 23.2 Å². The molecule has 0 aliphatic carbocycles. The Hall–Kier alpha value is -1.38. The Morgan fingerprint density at radius 3 is 2.45 bits per heavy atom. The van der Waals surface area contributed by atoms with Crippen molar-refractivity contribution in [1.82, 2.24) is 0 Å². The molecule has 0 amide bonds. The number of halogens is 1. The highest BCUT2D eigenvalue weighted by Crippen LogP contribution is 2.16. The first kappa shape index (κ1) is 7.72. The normalized spacial score (nSPS) is 8.45. The van der Waals surface area contributed by atoms with Crippen LogP contribution in [0, 0.1) is 0 Å². The fourth-order valence-corrected chi connectivity index (χ4v) is 0.769. The first-order valence-corrected chi connectivity index (χ1v) is 3.26. The molecule has 0 unspecified atom stereocenters. The smallest absolute Gasteiger partial charge is 0.0491 e. The number of anilines is 1. The van der Waals surface area contributed by atoms with Gasteiger partial charge in [-0.1, -0.05) is 17.2 Å². The summed E-state index contributed by atoms with van der Waals surface area (Å²) < 4.78 is 0. The third-order valence-corrected chi connectivity index (χ3v) is 1.35. The van der Waals surface area contributed by atoms with E-state index in [0.717, 1.165) is 5.69 Å². The molecule has 0 fully saturated rings. The van der Waals surface area contributed by atoms with Crippen molar-refractivity contribution < 1.29 is 0 Å². The number of benzene rings is 1. The summed E-state index contributed by atoms with van der Waals surface area (Å²) in [5.41, 5.74) is 9.40. The van der Waals surface area contributed by atoms with E-state index in [9.17, 15) is 0 Å². The van der Waals surface area contributed by atoms with Crippen LogP contribution in [0.2, 0.25) is 0 Å². The van der Waals surface area contributed by atoms with Crippen molar-refractivity contribution in [3.8, 4) is 0 Å². The van der Waals surface area contributed by atoms with E-state index in [1.807, 2.05) is 0 Å². The minimum absolute atomic E-state index is 0.572. The molecule has 0 aliphatic heterocycles. The Kier molecular flexibility index (Phi) is 2.60. The average molecular weight is 169 g/mol. The van der Waals surface area contributed by atoms with Crippen LogP contribution in [0.1, 0.15) is 0 Å². The fraction of sp³-hybridized carbons (Fsp3) is 0. The highest BCUT2D eigenvalue weighted by Gasteiger charge is 1.88. The van der Waals surface area contributed by atoms with Gasteiger partial charge < -0.3 is 0 Å². The summed E-state index contributed by atoms with van der Waals surface area (Å²) in [6, 6.07) is 6.78. The maximum atomic E-state index is 8.06. The highest BCUT2D eigenvalue weighted by atomic mass is 35.5. The van der Waals surface area contributed by atoms with Gasteiger partial charge in [0.25, 0.3) is 0 Å². The van der Waals surface area contributed by atoms with E-state index in [2.05, 4.69) is 14.9 Å². The van der Waals surface area contributed by atoms with Crippen LogP contribution in [0.4, 0.5) is 11.4 Å². The molecule has 5 heteroatoms. The molecule has 0 saturated heterocycles. The largest absolute Gasteiger partial charge is 0.299 e. The topological polar surface area (TPSA) is 60.8 Å². The van der Waals surface area contributed by atoms with Crippen LogP contribution in [0.25, 0.3) is 10.4 Å². The Labute approximate surface area is 68.5 Å². The van der Waals surface area contributed by atoms with Crippen LogP contribution in [0.5, 0.6) is 0 Å². The van der Waals surface area contributed by atoms with Gasteiger partial charge in [-0.3, -0.25) is 4.84 Å². The third-order valence-electron chi connectivity index (χ3n) is 1.14. The lowest BCUT2D eigenvalue weighted by Gasteiger charge is -1.95. The molecular formula is C6H5ClN4. The van der Waals surface area contributed by atoms with Gasteiger partial charge >= 0.3 is 0 Å². The molecule has 0 heterocycles. The monoisotopic (exact) mass is 168 g/mol. The number of nitrogens with one attached hydrogen (secondary N) is 1. The lowest BCUT2D eigenvalue weighted by Crippen LogP contribution is -1.76. The Morgan fingerprint density at radius 2 is 2.00 bits per heavy atom. The molecule has 0 bridgehead atoms. The summed E-state index contributed by atoms with van der Waals surface area (Å²) in [7, 11) is 0. The lowest BCUT2D eigenvalue weighted by atomic mass is 10.3. The molecule has 56 valence electrons. The lowest BCUT2D eigenvalue weighted by molar-refractivity contribution is 1.48. The minimum atomic E-state index is 0.572. The SMILES string of the molecule is [N-]=[N+]=Nc1ccc(NCl)cc1. The van der Waals surface area contributed by atoms with Gasteiger partial charge in [-0.05, 0) is 17.7 Å². The van der Waals surface area contributed by atoms with Crippen molar-refractivity contribution in [2.75, 3.05) is 4.84 Å². The van der Waals surface area contributed by atoms with Crippen molar-refractivity contribution in [3.63, 3.8) is 0 Å². The van der Waals surface area contributed by atoms with Gasteiger partial charge in [0, 0.05) is 28.1 Å². The summed E-state index contributed by atoms with van der Waals surface area (Å²) in [4.78, 5) is 5.07. The molecule has 0 radical (unpaired) electrons. The van der Waals surface area contributed by atoms with E-state index in [-0.39, 0.29) is 0 Å². The van der Waals surface area contributed by atoms with Gasteiger partial charge in [0.2, 0.25) is 0 Å². The maximum absolute atomic E-state index is 8.06. The number of nitrogens with zero attached hydrogens (tertiary/aromatic N) is 3. The summed E-state index contributed by atoms with van der Waals surface area (Å²) in [6.45, 7) is 0. The van der Waals surface area contributed by atoms with E-state index < -0.39 is 0 Å². The molecular weight excluding hydrogens is 164 g/mol. The predicted octanol–water partition coefficient (Wildman–Crippen LogP) is 3.19. The van der Waals surface area contributed by atoms with Crippen molar-refractivity contribution in [2.45, 2.75) is 0 Å². The van der Waals surface area contributed by atoms with Gasteiger partial charge in [-0.15, -0.1) is 0 Å². The van der Waals surface area contributed by atoms with Gasteiger partial charge in [0.05, 0.1) is 0 Å². The fourth-order valence-electron chi connectivity index (χ4n) is 0.643. The summed E-state index contributed by atoms with van der Waals surface area (Å²) in [5, 5.41) is 3.39. The van der Waals surface area contributed by atoms with Crippen molar-refractivity contribution in [3.05, 3.63) is 34.7 Å². The second-order valence-corrected chi connectivity index (χ2v) is 2.02.